The number of unbranched alkanes of at least 4 members (excludes halogenated alkanes) is 3. The highest BCUT2D eigenvalue weighted by Gasteiger charge is 1.84. The van der Waals surface area contributed by atoms with Crippen molar-refractivity contribution < 1.29 is 15.0 Å². The molecule has 0 fully saturated rings. The molecule has 0 saturated heterocycles. The summed E-state index contributed by atoms with van der Waals surface area (Å²) in [6.45, 7) is 1.41. The van der Waals surface area contributed by atoms with E-state index in [-0.39, 0.29) is 0 Å². The van der Waals surface area contributed by atoms with Gasteiger partial charge >= 0.3 is 0 Å². The van der Waals surface area contributed by atoms with E-state index in [1.165, 1.54) is 0 Å². The number of hydrogen-bond donors (Lipinski definition) is 2. The van der Waals surface area contributed by atoms with Crippen LogP contribution in [0.4, 0.5) is 0 Å². The van der Waals surface area contributed by atoms with Gasteiger partial charge in [0.2, 0.25) is 0 Å². The number of carbonyl (C=O) groups is 1. The van der Waals surface area contributed by atoms with Crippen molar-refractivity contribution in [1.82, 2.24) is 0 Å². The zero-order valence-electron chi connectivity index (χ0n) is 7.42. The van der Waals surface area contributed by atoms with E-state index in [1.807, 2.05) is 0 Å². The smallest absolute Gasteiger partial charge is 0.300 e. The van der Waals surface area contributed by atoms with Crippen molar-refractivity contribution in [2.24, 2.45) is 0 Å². The zero-order valence-corrected chi connectivity index (χ0v) is 8.18. The summed E-state index contributed by atoms with van der Waals surface area (Å²) in [5.74, 6) is -0.0779. The van der Waals surface area contributed by atoms with Gasteiger partial charge in [-0.1, -0.05) is 12.8 Å². The maximum absolute atomic E-state index is 9.00. The Bertz CT molecular complexity index is 86.3. The van der Waals surface area contributed by atoms with Crippen molar-refractivity contribution >= 4 is 17.6 Å². The second-order valence-corrected chi connectivity index (χ2v) is 2.72. The van der Waals surface area contributed by atoms with Crippen molar-refractivity contribution in [3.63, 3.8) is 0 Å². The summed E-state index contributed by atoms with van der Waals surface area (Å²) in [7, 11) is 0. The largest absolute Gasteiger partial charge is 0.481 e. The maximum atomic E-state index is 9.00. The van der Waals surface area contributed by atoms with E-state index in [1.54, 1.807) is 0 Å². The Kier molecular flexibility index (Phi) is 15.8. The molecule has 0 bridgehead atoms. The number of aliphatic hydroxyl groups excluding tert-OH is 1. The van der Waals surface area contributed by atoms with E-state index in [4.69, 9.17) is 26.6 Å². The second kappa shape index (κ2) is 13.3. The average molecular weight is 197 g/mol. The molecule has 0 aromatic heterocycles. The normalized spacial score (nSPS) is 8.58. The molecular formula is C8H17ClO3. The van der Waals surface area contributed by atoms with Crippen LogP contribution in [0.2, 0.25) is 0 Å². The average Bonchev–Trinajstić information content (AvgIpc) is 1.97. The Hall–Kier alpha value is -0.280. The van der Waals surface area contributed by atoms with Crippen LogP contribution in [0.5, 0.6) is 0 Å². The van der Waals surface area contributed by atoms with Crippen LogP contribution in [0, 0.1) is 0 Å². The van der Waals surface area contributed by atoms with Crippen molar-refractivity contribution in [3.8, 4) is 0 Å². The van der Waals surface area contributed by atoms with Gasteiger partial charge in [-0.25, -0.2) is 0 Å². The fraction of sp³-hybridized carbons (Fsp3) is 0.875. The molecule has 0 aliphatic carbocycles. The van der Waals surface area contributed by atoms with Crippen LogP contribution in [-0.2, 0) is 4.79 Å². The molecule has 0 unspecified atom stereocenters. The summed E-state index contributed by atoms with van der Waals surface area (Å²) in [6, 6.07) is 0. The minimum atomic E-state index is -0.833. The first kappa shape index (κ1) is 14.3. The number of carboxylic acid groups (broad SMARTS) is 1. The number of halogens is 1. The molecule has 0 aliphatic heterocycles. The van der Waals surface area contributed by atoms with Crippen LogP contribution in [0.15, 0.2) is 0 Å². The monoisotopic (exact) mass is 196 g/mol. The van der Waals surface area contributed by atoms with Crippen LogP contribution < -0.4 is 0 Å². The van der Waals surface area contributed by atoms with Crippen LogP contribution in [0.1, 0.15) is 32.6 Å². The lowest BCUT2D eigenvalue weighted by atomic mass is 10.2. The quantitative estimate of drug-likeness (QED) is 0.522. The fourth-order valence-corrected chi connectivity index (χ4v) is 0.749. The lowest BCUT2D eigenvalue weighted by molar-refractivity contribution is -0.134. The number of aliphatic hydroxyl groups is 1. The minimum absolute atomic E-state index is 0.322. The Morgan fingerprint density at radius 1 is 1.25 bits per heavy atom. The summed E-state index contributed by atoms with van der Waals surface area (Å²) in [4.78, 5) is 9.00. The molecule has 12 heavy (non-hydrogen) atoms. The molecule has 0 amide bonds. The molecule has 0 spiro atoms. The SMILES string of the molecule is CC(=O)O.OCCCCCCCl. The first-order valence-corrected chi connectivity index (χ1v) is 4.55. The van der Waals surface area contributed by atoms with E-state index < -0.39 is 5.97 Å². The molecule has 74 valence electrons. The minimum Gasteiger partial charge on any atom is -0.481 e. The number of aliphatic carboxylic acids is 1. The summed E-state index contributed by atoms with van der Waals surface area (Å²) in [5, 5.41) is 15.7. The van der Waals surface area contributed by atoms with Gasteiger partial charge in [-0.15, -0.1) is 11.6 Å². The molecule has 3 nitrogen and oxygen atoms in total. The summed E-state index contributed by atoms with van der Waals surface area (Å²) in [5.41, 5.74) is 0. The van der Waals surface area contributed by atoms with Crippen LogP contribution in [0.3, 0.4) is 0 Å². The van der Waals surface area contributed by atoms with Crippen LogP contribution >= 0.6 is 11.6 Å². The second-order valence-electron chi connectivity index (χ2n) is 2.35. The maximum Gasteiger partial charge on any atom is 0.300 e. The van der Waals surface area contributed by atoms with Gasteiger partial charge in [0.25, 0.3) is 5.97 Å². The summed E-state index contributed by atoms with van der Waals surface area (Å²) in [6.07, 6.45) is 4.28. The van der Waals surface area contributed by atoms with E-state index in [0.29, 0.717) is 6.61 Å². The molecule has 0 atom stereocenters. The van der Waals surface area contributed by atoms with Gasteiger partial charge in [0.15, 0.2) is 0 Å². The van der Waals surface area contributed by atoms with E-state index in [2.05, 4.69) is 0 Å². The molecule has 0 aromatic rings. The van der Waals surface area contributed by atoms with Crippen molar-refractivity contribution in [3.05, 3.63) is 0 Å². The molecule has 0 saturated carbocycles. The van der Waals surface area contributed by atoms with Gasteiger partial charge in [0.05, 0.1) is 0 Å². The molecule has 2 N–H and O–H groups in total. The molecule has 0 heterocycles. The van der Waals surface area contributed by atoms with Crippen molar-refractivity contribution in [1.29, 1.82) is 0 Å². The van der Waals surface area contributed by atoms with Crippen molar-refractivity contribution in [2.75, 3.05) is 12.5 Å². The third kappa shape index (κ3) is 33.2. The number of alkyl halides is 1. The van der Waals surface area contributed by atoms with Crippen molar-refractivity contribution in [2.45, 2.75) is 32.6 Å². The molecule has 0 radical (unpaired) electrons. The number of rotatable bonds is 5. The summed E-state index contributed by atoms with van der Waals surface area (Å²) >= 11 is 5.42. The highest BCUT2D eigenvalue weighted by Crippen LogP contribution is 1.99. The van der Waals surface area contributed by atoms with Gasteiger partial charge in [-0.3, -0.25) is 4.79 Å². The van der Waals surface area contributed by atoms with Crippen LogP contribution in [0.25, 0.3) is 0 Å². The molecule has 0 aliphatic rings. The topological polar surface area (TPSA) is 57.5 Å². The third-order valence-corrected chi connectivity index (χ3v) is 1.31. The predicted octanol–water partition coefficient (Wildman–Crippen LogP) is 1.87. The number of carboxylic acids is 1. The Morgan fingerprint density at radius 2 is 1.67 bits per heavy atom. The fourth-order valence-electron chi connectivity index (χ4n) is 0.560. The Balaban J connectivity index is 0. The molecule has 0 rings (SSSR count). The van der Waals surface area contributed by atoms with E-state index >= 15 is 0 Å². The standard InChI is InChI=1S/C6H13ClO.C2H4O2/c7-5-3-1-2-4-6-8;1-2(3)4/h8H,1-6H2;1H3,(H,3,4). The molecular weight excluding hydrogens is 180 g/mol. The van der Waals surface area contributed by atoms with E-state index in [9.17, 15) is 0 Å². The lowest BCUT2D eigenvalue weighted by Crippen LogP contribution is -1.82. The van der Waals surface area contributed by atoms with Gasteiger partial charge in [0, 0.05) is 19.4 Å². The third-order valence-electron chi connectivity index (χ3n) is 1.04. The van der Waals surface area contributed by atoms with Gasteiger partial charge in [-0.2, -0.15) is 0 Å². The first-order valence-electron chi connectivity index (χ1n) is 4.01. The Morgan fingerprint density at radius 3 is 2.00 bits per heavy atom. The highest BCUT2D eigenvalue weighted by molar-refractivity contribution is 6.17. The Labute approximate surface area is 78.4 Å². The highest BCUT2D eigenvalue weighted by atomic mass is 35.5. The van der Waals surface area contributed by atoms with E-state index in [0.717, 1.165) is 38.5 Å². The zero-order chi connectivity index (χ0) is 9.82. The first-order chi connectivity index (χ1) is 5.65. The molecule has 0 aromatic carbocycles. The van der Waals surface area contributed by atoms with Gasteiger partial charge in [-0.05, 0) is 12.8 Å². The van der Waals surface area contributed by atoms with Gasteiger partial charge in [0.1, 0.15) is 0 Å². The number of hydrogen-bond acceptors (Lipinski definition) is 2. The predicted molar refractivity (Wildman–Crippen MR) is 49.6 cm³/mol. The summed E-state index contributed by atoms with van der Waals surface area (Å²) < 4.78 is 0. The molecule has 4 heteroatoms. The lowest BCUT2D eigenvalue weighted by Gasteiger charge is -1.92. The van der Waals surface area contributed by atoms with Crippen LogP contribution in [-0.4, -0.2) is 28.7 Å². The van der Waals surface area contributed by atoms with Gasteiger partial charge < -0.3 is 10.2 Å².